The lowest BCUT2D eigenvalue weighted by atomic mass is 9.52. The first-order valence-electron chi connectivity index (χ1n) is 8.51. The van der Waals surface area contributed by atoms with Crippen molar-refractivity contribution in [3.05, 3.63) is 11.6 Å². The van der Waals surface area contributed by atoms with Gasteiger partial charge in [0.2, 0.25) is 0 Å². The van der Waals surface area contributed by atoms with E-state index in [1.54, 1.807) is 0 Å². The maximum atomic E-state index is 11.6. The van der Waals surface area contributed by atoms with Gasteiger partial charge in [-0.25, -0.2) is 0 Å². The molecule has 0 aromatic rings. The molecule has 0 amide bonds. The number of aliphatic hydroxyl groups is 1. The Kier molecular flexibility index (Phi) is 2.89. The van der Waals surface area contributed by atoms with E-state index < -0.39 is 0 Å². The summed E-state index contributed by atoms with van der Waals surface area (Å²) in [4.78, 5) is 11.6. The Labute approximate surface area is 121 Å². The number of aliphatic hydroxyl groups excluding tert-OH is 1. The second-order valence-corrected chi connectivity index (χ2v) is 7.94. The largest absolute Gasteiger partial charge is 0.393 e. The van der Waals surface area contributed by atoms with Crippen LogP contribution in [0.15, 0.2) is 11.6 Å². The third-order valence-electron chi connectivity index (χ3n) is 7.25. The molecule has 2 heteroatoms. The molecule has 1 N–H and O–H groups in total. The molecule has 0 bridgehead atoms. The number of allylic oxidation sites excluding steroid dienone is 1. The Balaban J connectivity index is 1.63. The van der Waals surface area contributed by atoms with E-state index in [0.29, 0.717) is 11.7 Å². The van der Waals surface area contributed by atoms with Crippen molar-refractivity contribution in [2.45, 2.75) is 64.4 Å². The fraction of sp³-hybridized carbons (Fsp3) is 0.833. The normalized spacial score (nSPS) is 51.0. The minimum absolute atomic E-state index is 0.0710. The van der Waals surface area contributed by atoms with E-state index >= 15 is 0 Å². The fourth-order valence-corrected chi connectivity index (χ4v) is 6.15. The van der Waals surface area contributed by atoms with Gasteiger partial charge in [-0.15, -0.1) is 0 Å². The Morgan fingerprint density at radius 3 is 2.80 bits per heavy atom. The topological polar surface area (TPSA) is 37.3 Å². The Morgan fingerprint density at radius 1 is 1.10 bits per heavy atom. The van der Waals surface area contributed by atoms with Gasteiger partial charge in [-0.05, 0) is 80.1 Å². The summed E-state index contributed by atoms with van der Waals surface area (Å²) in [5.41, 5.74) is 1.65. The fourth-order valence-electron chi connectivity index (χ4n) is 6.15. The van der Waals surface area contributed by atoms with Crippen LogP contribution in [0.2, 0.25) is 0 Å². The predicted molar refractivity (Wildman–Crippen MR) is 78.1 cm³/mol. The minimum Gasteiger partial charge on any atom is -0.393 e. The van der Waals surface area contributed by atoms with Gasteiger partial charge in [0.15, 0.2) is 5.78 Å². The van der Waals surface area contributed by atoms with E-state index in [1.165, 1.54) is 31.3 Å². The molecule has 0 aliphatic heterocycles. The smallest absolute Gasteiger partial charge is 0.155 e. The summed E-state index contributed by atoms with van der Waals surface area (Å²) >= 11 is 0. The molecule has 0 aromatic carbocycles. The molecule has 3 fully saturated rings. The molecule has 110 valence electrons. The first-order valence-corrected chi connectivity index (χ1v) is 8.51. The second kappa shape index (κ2) is 4.43. The molecule has 2 nitrogen and oxygen atoms in total. The highest BCUT2D eigenvalue weighted by Gasteiger charge is 2.55. The molecule has 0 saturated heterocycles. The first-order chi connectivity index (χ1) is 9.59. The van der Waals surface area contributed by atoms with Crippen molar-refractivity contribution in [2.24, 2.45) is 29.1 Å². The van der Waals surface area contributed by atoms with E-state index in [4.69, 9.17) is 0 Å². The van der Waals surface area contributed by atoms with Gasteiger partial charge in [0, 0.05) is 6.42 Å². The van der Waals surface area contributed by atoms with Gasteiger partial charge in [0.1, 0.15) is 0 Å². The molecule has 4 aliphatic carbocycles. The predicted octanol–water partition coefficient (Wildman–Crippen LogP) is 3.49. The van der Waals surface area contributed by atoms with Crippen molar-refractivity contribution in [2.75, 3.05) is 0 Å². The zero-order chi connectivity index (χ0) is 13.9. The third-order valence-corrected chi connectivity index (χ3v) is 7.25. The van der Waals surface area contributed by atoms with E-state index in [2.05, 4.69) is 6.92 Å². The molecule has 4 rings (SSSR count). The van der Waals surface area contributed by atoms with Crippen LogP contribution < -0.4 is 0 Å². The zero-order valence-electron chi connectivity index (χ0n) is 12.5. The Morgan fingerprint density at radius 2 is 1.95 bits per heavy atom. The van der Waals surface area contributed by atoms with Gasteiger partial charge in [-0.3, -0.25) is 4.79 Å². The lowest BCUT2D eigenvalue weighted by Gasteiger charge is -2.53. The van der Waals surface area contributed by atoms with Crippen molar-refractivity contribution >= 4 is 5.78 Å². The van der Waals surface area contributed by atoms with Crippen LogP contribution in [0.4, 0.5) is 0 Å². The van der Waals surface area contributed by atoms with Crippen LogP contribution in [0.1, 0.15) is 58.3 Å². The van der Waals surface area contributed by atoms with Gasteiger partial charge in [-0.1, -0.05) is 12.5 Å². The van der Waals surface area contributed by atoms with Gasteiger partial charge in [0.25, 0.3) is 0 Å². The number of hydrogen-bond donors (Lipinski definition) is 1. The molecule has 0 heterocycles. The van der Waals surface area contributed by atoms with Gasteiger partial charge >= 0.3 is 0 Å². The molecule has 0 radical (unpaired) electrons. The van der Waals surface area contributed by atoms with Crippen molar-refractivity contribution in [1.29, 1.82) is 0 Å². The molecule has 4 aliphatic rings. The number of carbonyl (C=O) groups excluding carboxylic acids is 1. The summed E-state index contributed by atoms with van der Waals surface area (Å²) < 4.78 is 0. The summed E-state index contributed by atoms with van der Waals surface area (Å²) in [6, 6.07) is 0. The third kappa shape index (κ3) is 1.70. The molecule has 0 spiro atoms. The maximum Gasteiger partial charge on any atom is 0.155 e. The summed E-state index contributed by atoms with van der Waals surface area (Å²) in [6.45, 7) is 2.33. The highest BCUT2D eigenvalue weighted by Crippen LogP contribution is 2.61. The molecule has 3 unspecified atom stereocenters. The summed E-state index contributed by atoms with van der Waals surface area (Å²) in [5, 5.41) is 10.4. The maximum absolute atomic E-state index is 11.6. The summed E-state index contributed by atoms with van der Waals surface area (Å²) in [7, 11) is 0. The van der Waals surface area contributed by atoms with Crippen LogP contribution in [0.25, 0.3) is 0 Å². The first kappa shape index (κ1) is 13.1. The second-order valence-electron chi connectivity index (χ2n) is 7.94. The highest BCUT2D eigenvalue weighted by molar-refractivity contribution is 5.91. The van der Waals surface area contributed by atoms with Gasteiger partial charge in [0.05, 0.1) is 6.10 Å². The number of fused-ring (bicyclic) bond motifs is 5. The summed E-state index contributed by atoms with van der Waals surface area (Å²) in [6.07, 6.45) is 10.9. The van der Waals surface area contributed by atoms with Crippen molar-refractivity contribution < 1.29 is 9.90 Å². The Hall–Kier alpha value is -0.630. The monoisotopic (exact) mass is 274 g/mol. The summed E-state index contributed by atoms with van der Waals surface area (Å²) in [5.74, 6) is 3.38. The zero-order valence-corrected chi connectivity index (χ0v) is 12.5. The van der Waals surface area contributed by atoms with Crippen LogP contribution in [-0.2, 0) is 4.79 Å². The molecular weight excluding hydrogens is 248 g/mol. The van der Waals surface area contributed by atoms with Crippen LogP contribution in [0.3, 0.4) is 0 Å². The minimum atomic E-state index is -0.0710. The molecular formula is C18H26O2. The van der Waals surface area contributed by atoms with E-state index in [-0.39, 0.29) is 11.5 Å². The van der Waals surface area contributed by atoms with Crippen molar-refractivity contribution in [3.63, 3.8) is 0 Å². The molecule has 20 heavy (non-hydrogen) atoms. The average molecular weight is 274 g/mol. The number of ketones is 1. The highest BCUT2D eigenvalue weighted by atomic mass is 16.3. The molecule has 3 saturated carbocycles. The number of hydrogen-bond acceptors (Lipinski definition) is 2. The molecule has 6 atom stereocenters. The standard InChI is InChI=1S/C18H26O2/c1-18-9-8-14-13-5-3-12(19)10-11(13)2-4-15(14)16(18)6-7-17(18)20/h10,13-17,20H,2-9H2,1H3/t13?,14?,15-,16?,17+,18+/m1/s1. The van der Waals surface area contributed by atoms with Crippen LogP contribution >= 0.6 is 0 Å². The van der Waals surface area contributed by atoms with E-state index in [9.17, 15) is 9.90 Å². The van der Waals surface area contributed by atoms with Crippen molar-refractivity contribution in [1.82, 2.24) is 0 Å². The molecule has 0 aromatic heterocycles. The Bertz CT molecular complexity index is 466. The number of carbonyl (C=O) groups is 1. The number of rotatable bonds is 0. The van der Waals surface area contributed by atoms with Gasteiger partial charge in [-0.2, -0.15) is 0 Å². The van der Waals surface area contributed by atoms with E-state index in [1.807, 2.05) is 6.08 Å². The lowest BCUT2D eigenvalue weighted by Crippen LogP contribution is -2.47. The average Bonchev–Trinajstić information content (AvgIpc) is 2.74. The lowest BCUT2D eigenvalue weighted by molar-refractivity contribution is -0.116. The van der Waals surface area contributed by atoms with Crippen LogP contribution in [-0.4, -0.2) is 17.0 Å². The van der Waals surface area contributed by atoms with Gasteiger partial charge < -0.3 is 5.11 Å². The quantitative estimate of drug-likeness (QED) is 0.734. The van der Waals surface area contributed by atoms with E-state index in [0.717, 1.165) is 43.4 Å². The van der Waals surface area contributed by atoms with Crippen molar-refractivity contribution in [3.8, 4) is 0 Å². The van der Waals surface area contributed by atoms with Crippen LogP contribution in [0.5, 0.6) is 0 Å². The SMILES string of the molecule is C[C@]12CCC3C4CCC(=O)C=C4CC[C@H]3C1CC[C@@H]2O. The van der Waals surface area contributed by atoms with Crippen LogP contribution in [0, 0.1) is 29.1 Å².